The number of anilines is 3. The maximum absolute atomic E-state index is 13.6. The van der Waals surface area contributed by atoms with Crippen molar-refractivity contribution < 1.29 is 8.78 Å². The fraction of sp³-hybridized carbons (Fsp3) is 0.333. The van der Waals surface area contributed by atoms with E-state index in [1.807, 2.05) is 0 Å². The number of rotatable bonds is 7. The minimum Gasteiger partial charge on any atom is -0.370 e. The van der Waals surface area contributed by atoms with Gasteiger partial charge in [0.1, 0.15) is 23.1 Å². The third-order valence-corrected chi connectivity index (χ3v) is 2.94. The van der Waals surface area contributed by atoms with E-state index in [9.17, 15) is 8.78 Å². The molecule has 2 aromatic rings. The lowest BCUT2D eigenvalue weighted by atomic mass is 10.2. The summed E-state index contributed by atoms with van der Waals surface area (Å²) in [4.78, 5) is 8.15. The maximum atomic E-state index is 13.6. The molecule has 0 bridgehead atoms. The van der Waals surface area contributed by atoms with Gasteiger partial charge in [-0.15, -0.1) is 0 Å². The highest BCUT2D eigenvalue weighted by Gasteiger charge is 2.09. The van der Waals surface area contributed by atoms with E-state index >= 15 is 0 Å². The summed E-state index contributed by atoms with van der Waals surface area (Å²) in [5.41, 5.74) is -0.249. The number of nitrogens with one attached hydrogen (secondary N) is 2. The van der Waals surface area contributed by atoms with Crippen LogP contribution in [0.4, 0.5) is 26.2 Å². The summed E-state index contributed by atoms with van der Waals surface area (Å²) < 4.78 is 27.1. The SMILES string of the molecule is CCCCCNc1ccnc(Nc2c(F)cccc2F)n1. The maximum Gasteiger partial charge on any atom is 0.229 e. The first-order valence-electron chi connectivity index (χ1n) is 6.98. The molecule has 1 aromatic carbocycles. The molecule has 0 aliphatic carbocycles. The average molecular weight is 292 g/mol. The van der Waals surface area contributed by atoms with Crippen molar-refractivity contribution >= 4 is 17.5 Å². The molecule has 4 nitrogen and oxygen atoms in total. The molecule has 0 amide bonds. The highest BCUT2D eigenvalue weighted by Crippen LogP contribution is 2.21. The predicted octanol–water partition coefficient (Wildman–Crippen LogP) is 4.10. The van der Waals surface area contributed by atoms with Crippen molar-refractivity contribution in [3.05, 3.63) is 42.1 Å². The summed E-state index contributed by atoms with van der Waals surface area (Å²) in [6.07, 6.45) is 4.87. The Morgan fingerprint density at radius 3 is 2.57 bits per heavy atom. The van der Waals surface area contributed by atoms with Gasteiger partial charge in [0.05, 0.1) is 0 Å². The normalized spacial score (nSPS) is 10.4. The van der Waals surface area contributed by atoms with Gasteiger partial charge in [0.15, 0.2) is 0 Å². The molecule has 1 heterocycles. The molecule has 0 saturated carbocycles. The Labute approximate surface area is 122 Å². The Balaban J connectivity index is 2.04. The van der Waals surface area contributed by atoms with Gasteiger partial charge in [-0.05, 0) is 24.6 Å². The van der Waals surface area contributed by atoms with Crippen molar-refractivity contribution in [2.24, 2.45) is 0 Å². The first-order valence-corrected chi connectivity index (χ1v) is 6.98. The van der Waals surface area contributed by atoms with Gasteiger partial charge in [-0.2, -0.15) is 4.98 Å². The minimum atomic E-state index is -0.681. The number of halogens is 2. The van der Waals surface area contributed by atoms with Crippen LogP contribution >= 0.6 is 0 Å². The van der Waals surface area contributed by atoms with Crippen molar-refractivity contribution in [1.82, 2.24) is 9.97 Å². The van der Waals surface area contributed by atoms with Gasteiger partial charge < -0.3 is 10.6 Å². The first kappa shape index (κ1) is 15.2. The summed E-state index contributed by atoms with van der Waals surface area (Å²) in [7, 11) is 0. The van der Waals surface area contributed by atoms with Crippen LogP contribution in [0.1, 0.15) is 26.2 Å². The number of nitrogens with zero attached hydrogens (tertiary/aromatic N) is 2. The van der Waals surface area contributed by atoms with Gasteiger partial charge >= 0.3 is 0 Å². The zero-order valence-corrected chi connectivity index (χ0v) is 11.9. The van der Waals surface area contributed by atoms with Gasteiger partial charge in [0.2, 0.25) is 5.95 Å². The molecule has 112 valence electrons. The van der Waals surface area contributed by atoms with Crippen molar-refractivity contribution in [3.8, 4) is 0 Å². The molecule has 0 radical (unpaired) electrons. The van der Waals surface area contributed by atoms with Crippen LogP contribution in [0.15, 0.2) is 30.5 Å². The Bertz CT molecular complexity index is 569. The van der Waals surface area contributed by atoms with Crippen LogP contribution in [0.5, 0.6) is 0 Å². The van der Waals surface area contributed by atoms with Crippen molar-refractivity contribution in [2.45, 2.75) is 26.2 Å². The van der Waals surface area contributed by atoms with Crippen LogP contribution in [0.25, 0.3) is 0 Å². The molecule has 0 unspecified atom stereocenters. The number of hydrogen-bond donors (Lipinski definition) is 2. The largest absolute Gasteiger partial charge is 0.370 e. The predicted molar refractivity (Wildman–Crippen MR) is 79.7 cm³/mol. The van der Waals surface area contributed by atoms with E-state index in [2.05, 4.69) is 27.5 Å². The third-order valence-electron chi connectivity index (χ3n) is 2.94. The number of benzene rings is 1. The van der Waals surface area contributed by atoms with Crippen LogP contribution < -0.4 is 10.6 Å². The number of para-hydroxylation sites is 1. The van der Waals surface area contributed by atoms with E-state index in [0.717, 1.165) is 25.8 Å². The summed E-state index contributed by atoms with van der Waals surface area (Å²) in [6, 6.07) is 5.38. The number of unbranched alkanes of at least 4 members (excludes halogenated alkanes) is 2. The smallest absolute Gasteiger partial charge is 0.229 e. The summed E-state index contributed by atoms with van der Waals surface area (Å²) >= 11 is 0. The molecular weight excluding hydrogens is 274 g/mol. The van der Waals surface area contributed by atoms with Crippen LogP contribution in [-0.4, -0.2) is 16.5 Å². The zero-order valence-electron chi connectivity index (χ0n) is 11.9. The molecule has 0 saturated heterocycles. The molecule has 1 aromatic heterocycles. The van der Waals surface area contributed by atoms with E-state index in [1.165, 1.54) is 24.4 Å². The lowest BCUT2D eigenvalue weighted by molar-refractivity contribution is 0.590. The topological polar surface area (TPSA) is 49.8 Å². The first-order chi connectivity index (χ1) is 10.2. The highest BCUT2D eigenvalue weighted by molar-refractivity contribution is 5.56. The second-order valence-corrected chi connectivity index (χ2v) is 4.62. The van der Waals surface area contributed by atoms with Crippen molar-refractivity contribution in [2.75, 3.05) is 17.2 Å². The number of aromatic nitrogens is 2. The lowest BCUT2D eigenvalue weighted by Gasteiger charge is -2.09. The molecule has 21 heavy (non-hydrogen) atoms. The van der Waals surface area contributed by atoms with E-state index in [4.69, 9.17) is 0 Å². The van der Waals surface area contributed by atoms with Gasteiger partial charge in [-0.25, -0.2) is 13.8 Å². The molecule has 0 aliphatic rings. The Morgan fingerprint density at radius 2 is 1.86 bits per heavy atom. The van der Waals surface area contributed by atoms with Gasteiger partial charge in [-0.1, -0.05) is 25.8 Å². The number of hydrogen-bond acceptors (Lipinski definition) is 4. The Morgan fingerprint density at radius 1 is 1.10 bits per heavy atom. The monoisotopic (exact) mass is 292 g/mol. The zero-order chi connectivity index (χ0) is 15.1. The Kier molecular flexibility index (Phi) is 5.43. The highest BCUT2D eigenvalue weighted by atomic mass is 19.1. The minimum absolute atomic E-state index is 0.152. The van der Waals surface area contributed by atoms with Gasteiger partial charge in [-0.3, -0.25) is 0 Å². The molecular formula is C15H18F2N4. The van der Waals surface area contributed by atoms with Crippen LogP contribution in [-0.2, 0) is 0 Å². The quantitative estimate of drug-likeness (QED) is 0.754. The van der Waals surface area contributed by atoms with E-state index < -0.39 is 11.6 Å². The Hall–Kier alpha value is -2.24. The fourth-order valence-corrected chi connectivity index (χ4v) is 1.84. The fourth-order valence-electron chi connectivity index (χ4n) is 1.84. The lowest BCUT2D eigenvalue weighted by Crippen LogP contribution is -2.06. The van der Waals surface area contributed by atoms with Crippen molar-refractivity contribution in [3.63, 3.8) is 0 Å². The van der Waals surface area contributed by atoms with E-state index in [-0.39, 0.29) is 11.6 Å². The van der Waals surface area contributed by atoms with Crippen molar-refractivity contribution in [1.29, 1.82) is 0 Å². The second kappa shape index (κ2) is 7.52. The summed E-state index contributed by atoms with van der Waals surface area (Å²) in [6.45, 7) is 2.94. The molecule has 0 spiro atoms. The second-order valence-electron chi connectivity index (χ2n) is 4.62. The average Bonchev–Trinajstić information content (AvgIpc) is 2.48. The molecule has 0 atom stereocenters. The molecule has 0 aliphatic heterocycles. The summed E-state index contributed by atoms with van der Waals surface area (Å²) in [5.74, 6) is -0.584. The van der Waals surface area contributed by atoms with Crippen LogP contribution in [0.2, 0.25) is 0 Å². The third kappa shape index (κ3) is 4.37. The van der Waals surface area contributed by atoms with E-state index in [0.29, 0.717) is 5.82 Å². The summed E-state index contributed by atoms with van der Waals surface area (Å²) in [5, 5.41) is 5.73. The molecule has 6 heteroatoms. The molecule has 2 rings (SSSR count). The standard InChI is InChI=1S/C15H18F2N4/c1-2-3-4-9-18-13-8-10-19-15(20-13)21-14-11(16)6-5-7-12(14)17/h5-8,10H,2-4,9H2,1H3,(H2,18,19,20,21). The molecule has 2 N–H and O–H groups in total. The van der Waals surface area contributed by atoms with Crippen LogP contribution in [0.3, 0.4) is 0 Å². The van der Waals surface area contributed by atoms with Crippen LogP contribution in [0, 0.1) is 11.6 Å². The van der Waals surface area contributed by atoms with Gasteiger partial charge in [0.25, 0.3) is 0 Å². The molecule has 0 fully saturated rings. The van der Waals surface area contributed by atoms with E-state index in [1.54, 1.807) is 6.07 Å². The van der Waals surface area contributed by atoms with Gasteiger partial charge in [0, 0.05) is 12.7 Å².